The Kier molecular flexibility index (Phi) is 3.97. The van der Waals surface area contributed by atoms with Crippen LogP contribution in [0.1, 0.15) is 36.3 Å². The maximum atomic E-state index is 5.55. The van der Waals surface area contributed by atoms with Crippen LogP contribution in [0, 0.1) is 0 Å². The molecule has 0 fully saturated rings. The van der Waals surface area contributed by atoms with E-state index in [9.17, 15) is 0 Å². The third kappa shape index (κ3) is 2.82. The molecular formula is C15H19N3O2. The lowest BCUT2D eigenvalue weighted by Crippen LogP contribution is -2.23. The maximum Gasteiger partial charge on any atom is 0.213 e. The summed E-state index contributed by atoms with van der Waals surface area (Å²) in [5, 5.41) is 7.37. The molecule has 1 N–H and O–H groups in total. The number of rotatable bonds is 6. The van der Waals surface area contributed by atoms with Gasteiger partial charge in [-0.25, -0.2) is 0 Å². The van der Waals surface area contributed by atoms with Crippen molar-refractivity contribution in [3.05, 3.63) is 41.5 Å². The summed E-state index contributed by atoms with van der Waals surface area (Å²) in [7, 11) is 0. The first-order chi connectivity index (χ1) is 9.86. The second kappa shape index (κ2) is 6.05. The van der Waals surface area contributed by atoms with E-state index in [4.69, 9.17) is 9.26 Å². The Morgan fingerprint density at radius 2 is 2.35 bits per heavy atom. The van der Waals surface area contributed by atoms with E-state index in [-0.39, 0.29) is 0 Å². The van der Waals surface area contributed by atoms with Crippen molar-refractivity contribution in [1.82, 2.24) is 15.5 Å². The number of fused-ring (bicyclic) bond motifs is 1. The normalized spacial score (nSPS) is 14.8. The van der Waals surface area contributed by atoms with Crippen molar-refractivity contribution in [2.24, 2.45) is 0 Å². The van der Waals surface area contributed by atoms with Crippen LogP contribution in [0.15, 0.2) is 29.1 Å². The first-order valence-electron chi connectivity index (χ1n) is 7.11. The number of aromatic nitrogens is 2. The molecule has 0 saturated heterocycles. The lowest BCUT2D eigenvalue weighted by Gasteiger charge is -2.17. The number of nitrogens with one attached hydrogen (secondary N) is 1. The predicted molar refractivity (Wildman–Crippen MR) is 74.7 cm³/mol. The first kappa shape index (κ1) is 13.1. The molecule has 1 aromatic heterocycles. The Morgan fingerprint density at radius 3 is 3.15 bits per heavy atom. The number of ether oxygens (including phenoxy) is 1. The van der Waals surface area contributed by atoms with Gasteiger partial charge in [0.05, 0.1) is 6.61 Å². The summed E-state index contributed by atoms with van der Waals surface area (Å²) in [4.78, 5) is 4.02. The van der Waals surface area contributed by atoms with Crippen molar-refractivity contribution >= 4 is 0 Å². The largest absolute Gasteiger partial charge is 0.493 e. The smallest absolute Gasteiger partial charge is 0.213 e. The molecule has 106 valence electrons. The third-order valence-electron chi connectivity index (χ3n) is 3.67. The van der Waals surface area contributed by atoms with Crippen LogP contribution < -0.4 is 10.1 Å². The Bertz CT molecular complexity index is 554. The fraction of sp³-hybridized carbons (Fsp3) is 0.467. The summed E-state index contributed by atoms with van der Waals surface area (Å²) < 4.78 is 10.3. The molecule has 1 aliphatic rings. The van der Waals surface area contributed by atoms with Gasteiger partial charge in [0, 0.05) is 25.4 Å². The first-order valence-corrected chi connectivity index (χ1v) is 7.11. The molecule has 1 aliphatic heterocycles. The Hall–Kier alpha value is -1.88. The van der Waals surface area contributed by atoms with E-state index >= 15 is 0 Å². The van der Waals surface area contributed by atoms with Crippen LogP contribution in [-0.2, 0) is 12.8 Å². The number of benzene rings is 1. The van der Waals surface area contributed by atoms with Crippen molar-refractivity contribution < 1.29 is 9.26 Å². The van der Waals surface area contributed by atoms with E-state index in [1.807, 2.05) is 0 Å². The predicted octanol–water partition coefficient (Wildman–Crippen LogP) is 2.29. The molecule has 2 aromatic rings. The molecule has 5 heteroatoms. The molecule has 0 radical (unpaired) electrons. The Labute approximate surface area is 118 Å². The number of nitrogens with zero attached hydrogens (tertiary/aromatic N) is 2. The summed E-state index contributed by atoms with van der Waals surface area (Å²) in [5.41, 5.74) is 2.64. The topological polar surface area (TPSA) is 60.2 Å². The lowest BCUT2D eigenvalue weighted by atomic mass is 10.0. The van der Waals surface area contributed by atoms with Crippen LogP contribution in [0.25, 0.3) is 0 Å². The van der Waals surface area contributed by atoms with E-state index in [2.05, 4.69) is 40.6 Å². The van der Waals surface area contributed by atoms with Gasteiger partial charge in [-0.05, 0) is 23.6 Å². The highest BCUT2D eigenvalue weighted by Gasteiger charge is 2.15. The molecule has 5 nitrogen and oxygen atoms in total. The van der Waals surface area contributed by atoms with E-state index in [0.717, 1.165) is 44.0 Å². The van der Waals surface area contributed by atoms with Gasteiger partial charge in [-0.15, -0.1) is 0 Å². The quantitative estimate of drug-likeness (QED) is 0.875. The fourth-order valence-corrected chi connectivity index (χ4v) is 2.58. The average Bonchev–Trinajstić information content (AvgIpc) is 3.13. The molecule has 1 unspecified atom stereocenters. The van der Waals surface area contributed by atoms with E-state index < -0.39 is 0 Å². The minimum atomic E-state index is 0.354. The summed E-state index contributed by atoms with van der Waals surface area (Å²) in [6.45, 7) is 3.84. The van der Waals surface area contributed by atoms with Gasteiger partial charge in [-0.1, -0.05) is 24.2 Å². The highest BCUT2D eigenvalue weighted by molar-refractivity contribution is 5.40. The molecule has 0 amide bonds. The standard InChI is InChI=1S/C15H19N3O2/c1-2-13(16-7-5-15-17-10-20-18-15)11-3-4-14-12(9-11)6-8-19-14/h3-4,9-10,13,16H,2,5-8H2,1H3. The Balaban J connectivity index is 1.61. The van der Waals surface area contributed by atoms with Crippen LogP contribution in [0.5, 0.6) is 5.75 Å². The second-order valence-electron chi connectivity index (χ2n) is 4.98. The van der Waals surface area contributed by atoms with Gasteiger partial charge in [0.15, 0.2) is 5.82 Å². The maximum absolute atomic E-state index is 5.55. The minimum Gasteiger partial charge on any atom is -0.493 e. The molecule has 1 aromatic carbocycles. The monoisotopic (exact) mass is 273 g/mol. The van der Waals surface area contributed by atoms with Gasteiger partial charge in [-0.2, -0.15) is 4.98 Å². The summed E-state index contributed by atoms with van der Waals surface area (Å²) in [5.74, 6) is 1.78. The average molecular weight is 273 g/mol. The molecule has 20 heavy (non-hydrogen) atoms. The molecule has 0 spiro atoms. The summed E-state index contributed by atoms with van der Waals surface area (Å²) >= 11 is 0. The van der Waals surface area contributed by atoms with Crippen molar-refractivity contribution in [1.29, 1.82) is 0 Å². The zero-order chi connectivity index (χ0) is 13.8. The number of hydrogen-bond donors (Lipinski definition) is 1. The van der Waals surface area contributed by atoms with Crippen LogP contribution >= 0.6 is 0 Å². The number of hydrogen-bond acceptors (Lipinski definition) is 5. The lowest BCUT2D eigenvalue weighted by molar-refractivity contribution is 0.356. The summed E-state index contributed by atoms with van der Waals surface area (Å²) in [6.07, 6.45) is 4.21. The Morgan fingerprint density at radius 1 is 1.40 bits per heavy atom. The summed E-state index contributed by atoms with van der Waals surface area (Å²) in [6, 6.07) is 6.85. The van der Waals surface area contributed by atoms with Crippen molar-refractivity contribution in [3.63, 3.8) is 0 Å². The highest BCUT2D eigenvalue weighted by atomic mass is 16.5. The van der Waals surface area contributed by atoms with Gasteiger partial charge in [0.1, 0.15) is 5.75 Å². The van der Waals surface area contributed by atoms with E-state index in [1.165, 1.54) is 17.5 Å². The second-order valence-corrected chi connectivity index (χ2v) is 4.98. The van der Waals surface area contributed by atoms with Gasteiger partial charge >= 0.3 is 0 Å². The molecule has 0 aliphatic carbocycles. The van der Waals surface area contributed by atoms with Crippen molar-refractivity contribution in [3.8, 4) is 5.75 Å². The van der Waals surface area contributed by atoms with Gasteiger partial charge in [0.25, 0.3) is 0 Å². The van der Waals surface area contributed by atoms with Gasteiger partial charge in [-0.3, -0.25) is 0 Å². The molecule has 2 heterocycles. The van der Waals surface area contributed by atoms with Crippen molar-refractivity contribution in [2.75, 3.05) is 13.2 Å². The molecule has 0 bridgehead atoms. The van der Waals surface area contributed by atoms with Gasteiger partial charge in [0.2, 0.25) is 6.39 Å². The van der Waals surface area contributed by atoms with Crippen LogP contribution in [0.3, 0.4) is 0 Å². The van der Waals surface area contributed by atoms with Crippen LogP contribution in [-0.4, -0.2) is 23.3 Å². The molecule has 1 atom stereocenters. The zero-order valence-corrected chi connectivity index (χ0v) is 11.6. The molecule has 3 rings (SSSR count). The third-order valence-corrected chi connectivity index (χ3v) is 3.67. The molecule has 0 saturated carbocycles. The minimum absolute atomic E-state index is 0.354. The fourth-order valence-electron chi connectivity index (χ4n) is 2.58. The highest BCUT2D eigenvalue weighted by Crippen LogP contribution is 2.29. The van der Waals surface area contributed by atoms with E-state index in [1.54, 1.807) is 0 Å². The zero-order valence-electron chi connectivity index (χ0n) is 11.6. The molecular weight excluding hydrogens is 254 g/mol. The van der Waals surface area contributed by atoms with Crippen molar-refractivity contribution in [2.45, 2.75) is 32.2 Å². The van der Waals surface area contributed by atoms with Crippen LogP contribution in [0.2, 0.25) is 0 Å². The van der Waals surface area contributed by atoms with Crippen LogP contribution in [0.4, 0.5) is 0 Å². The van der Waals surface area contributed by atoms with E-state index in [0.29, 0.717) is 6.04 Å². The SMILES string of the molecule is CCC(NCCc1ncon1)c1ccc2c(c1)CCO2. The van der Waals surface area contributed by atoms with Gasteiger partial charge < -0.3 is 14.6 Å².